The lowest BCUT2D eigenvalue weighted by Gasteiger charge is -2.24. The van der Waals surface area contributed by atoms with Gasteiger partial charge in [0.05, 0.1) is 31.4 Å². The Morgan fingerprint density at radius 1 is 0.947 bits per heavy atom. The normalized spacial score (nSPS) is 11.1. The van der Waals surface area contributed by atoms with E-state index in [2.05, 4.69) is 36.5 Å². The van der Waals surface area contributed by atoms with Crippen molar-refractivity contribution in [3.05, 3.63) is 77.9 Å². The number of sulfonamides is 1. The third-order valence-corrected chi connectivity index (χ3v) is 8.42. The molecule has 0 saturated heterocycles. The first kappa shape index (κ1) is 29.2. The van der Waals surface area contributed by atoms with Crippen molar-refractivity contribution in [2.75, 3.05) is 44.0 Å². The van der Waals surface area contributed by atoms with Crippen LogP contribution in [-0.2, 0) is 20.6 Å². The van der Waals surface area contributed by atoms with E-state index in [1.165, 1.54) is 43.5 Å². The lowest BCUT2D eigenvalue weighted by molar-refractivity contribution is -0.119. The number of nitrogens with zero attached hydrogens (tertiary/aromatic N) is 1. The number of benzene rings is 3. The summed E-state index contributed by atoms with van der Waals surface area (Å²) in [6.07, 6.45) is 0. The minimum absolute atomic E-state index is 0.0227. The number of amides is 1. The second-order valence-electron chi connectivity index (χ2n) is 8.34. The molecule has 3 rings (SSSR count). The fourth-order valence-electron chi connectivity index (χ4n) is 3.62. The second kappa shape index (κ2) is 14.0. The van der Waals surface area contributed by atoms with Crippen LogP contribution in [0.5, 0.6) is 17.2 Å². The van der Waals surface area contributed by atoms with E-state index >= 15 is 0 Å². The molecule has 0 heterocycles. The van der Waals surface area contributed by atoms with Gasteiger partial charge in [0.2, 0.25) is 5.91 Å². The second-order valence-corrected chi connectivity index (χ2v) is 11.3. The first-order valence-electron chi connectivity index (χ1n) is 12.2. The van der Waals surface area contributed by atoms with Crippen molar-refractivity contribution < 1.29 is 27.4 Å². The van der Waals surface area contributed by atoms with Crippen LogP contribution in [0.3, 0.4) is 0 Å². The van der Waals surface area contributed by atoms with Crippen LogP contribution in [0.2, 0.25) is 0 Å². The predicted octanol–water partition coefficient (Wildman–Crippen LogP) is 4.66. The fraction of sp³-hybridized carbons (Fsp3) is 0.321. The highest BCUT2D eigenvalue weighted by Gasteiger charge is 2.28. The summed E-state index contributed by atoms with van der Waals surface area (Å²) in [5.74, 6) is 2.41. The van der Waals surface area contributed by atoms with Gasteiger partial charge < -0.3 is 19.5 Å². The molecule has 8 nitrogen and oxygen atoms in total. The Morgan fingerprint density at radius 2 is 1.63 bits per heavy atom. The Balaban J connectivity index is 1.73. The number of anilines is 1. The lowest BCUT2D eigenvalue weighted by atomic mass is 10.2. The van der Waals surface area contributed by atoms with Gasteiger partial charge in [0.25, 0.3) is 10.0 Å². The highest BCUT2D eigenvalue weighted by Crippen LogP contribution is 2.32. The van der Waals surface area contributed by atoms with E-state index in [1.807, 2.05) is 6.92 Å². The van der Waals surface area contributed by atoms with E-state index < -0.39 is 15.9 Å². The van der Waals surface area contributed by atoms with Crippen LogP contribution in [-0.4, -0.2) is 54.0 Å². The maximum absolute atomic E-state index is 13.7. The number of carbonyl (C=O) groups excluding carboxylic acids is 1. The van der Waals surface area contributed by atoms with Crippen LogP contribution >= 0.6 is 11.8 Å². The third kappa shape index (κ3) is 7.82. The molecule has 0 aromatic heterocycles. The molecule has 0 bridgehead atoms. The van der Waals surface area contributed by atoms with Crippen LogP contribution in [0.1, 0.15) is 18.1 Å². The molecule has 3 aromatic rings. The van der Waals surface area contributed by atoms with Crippen molar-refractivity contribution in [1.29, 1.82) is 0 Å². The molecule has 1 N–H and O–H groups in total. The Labute approximate surface area is 229 Å². The zero-order valence-electron chi connectivity index (χ0n) is 22.1. The number of ether oxygens (including phenoxy) is 3. The molecule has 0 saturated carbocycles. The van der Waals surface area contributed by atoms with Crippen LogP contribution < -0.4 is 23.8 Å². The molecule has 0 fully saturated rings. The van der Waals surface area contributed by atoms with Crippen LogP contribution in [0.4, 0.5) is 5.69 Å². The molecule has 0 unspecified atom stereocenters. The van der Waals surface area contributed by atoms with Crippen molar-refractivity contribution in [3.63, 3.8) is 0 Å². The van der Waals surface area contributed by atoms with Gasteiger partial charge in [-0.05, 0) is 55.8 Å². The van der Waals surface area contributed by atoms with Crippen LogP contribution in [0.25, 0.3) is 0 Å². The van der Waals surface area contributed by atoms with Gasteiger partial charge in [-0.1, -0.05) is 29.8 Å². The van der Waals surface area contributed by atoms with Gasteiger partial charge in [-0.25, -0.2) is 8.42 Å². The first-order valence-corrected chi connectivity index (χ1v) is 14.8. The average molecular weight is 559 g/mol. The zero-order chi connectivity index (χ0) is 27.5. The van der Waals surface area contributed by atoms with E-state index in [9.17, 15) is 13.2 Å². The molecule has 0 aliphatic carbocycles. The van der Waals surface area contributed by atoms with Gasteiger partial charge in [0.1, 0.15) is 12.3 Å². The molecule has 0 radical (unpaired) electrons. The molecular weight excluding hydrogens is 524 g/mol. The Bertz CT molecular complexity index is 1300. The molecule has 0 aliphatic heterocycles. The third-order valence-electron chi connectivity index (χ3n) is 5.62. The minimum Gasteiger partial charge on any atom is -0.494 e. The zero-order valence-corrected chi connectivity index (χ0v) is 23.7. The monoisotopic (exact) mass is 558 g/mol. The van der Waals surface area contributed by atoms with E-state index in [0.717, 1.165) is 10.1 Å². The summed E-state index contributed by atoms with van der Waals surface area (Å²) < 4.78 is 44.5. The largest absolute Gasteiger partial charge is 0.494 e. The standard InChI is InChI=1S/C28H34N2O6S2/c1-5-36-24-12-10-23(11-13-24)30(38(32,33)25-14-15-26(34-3)27(18-25)35-4)19-28(31)29-16-17-37-20-22-8-6-21(2)7-9-22/h6-15,18H,5,16-17,19-20H2,1-4H3,(H,29,31). The first-order chi connectivity index (χ1) is 18.3. The number of hydrogen-bond acceptors (Lipinski definition) is 7. The predicted molar refractivity (Wildman–Crippen MR) is 152 cm³/mol. The topological polar surface area (TPSA) is 94.2 Å². The summed E-state index contributed by atoms with van der Waals surface area (Å²) in [6, 6.07) is 19.3. The Kier molecular flexibility index (Phi) is 10.7. The van der Waals surface area contributed by atoms with Gasteiger partial charge in [0, 0.05) is 24.1 Å². The molecular formula is C28H34N2O6S2. The number of hydrogen-bond donors (Lipinski definition) is 1. The molecule has 10 heteroatoms. The molecule has 0 aliphatic rings. The van der Waals surface area contributed by atoms with E-state index in [1.54, 1.807) is 36.0 Å². The van der Waals surface area contributed by atoms with Crippen molar-refractivity contribution in [2.45, 2.75) is 24.5 Å². The Morgan fingerprint density at radius 3 is 2.26 bits per heavy atom. The number of nitrogens with one attached hydrogen (secondary N) is 1. The summed E-state index contributed by atoms with van der Waals surface area (Å²) in [4.78, 5) is 12.8. The number of methoxy groups -OCH3 is 2. The molecule has 0 spiro atoms. The molecule has 38 heavy (non-hydrogen) atoms. The summed E-state index contributed by atoms with van der Waals surface area (Å²) in [5.41, 5.74) is 2.77. The van der Waals surface area contributed by atoms with Crippen molar-refractivity contribution in [1.82, 2.24) is 5.32 Å². The molecule has 1 amide bonds. The van der Waals surface area contributed by atoms with Gasteiger partial charge in [-0.15, -0.1) is 0 Å². The molecule has 3 aromatic carbocycles. The number of rotatable bonds is 14. The van der Waals surface area contributed by atoms with E-state index in [-0.39, 0.29) is 17.2 Å². The summed E-state index contributed by atoms with van der Waals surface area (Å²) in [6.45, 7) is 4.44. The van der Waals surface area contributed by atoms with Crippen molar-refractivity contribution >= 4 is 33.4 Å². The van der Waals surface area contributed by atoms with Gasteiger partial charge in [-0.3, -0.25) is 9.10 Å². The molecule has 204 valence electrons. The average Bonchev–Trinajstić information content (AvgIpc) is 2.92. The quantitative estimate of drug-likeness (QED) is 0.288. The smallest absolute Gasteiger partial charge is 0.264 e. The van der Waals surface area contributed by atoms with E-state index in [0.29, 0.717) is 36.1 Å². The van der Waals surface area contributed by atoms with Gasteiger partial charge in [-0.2, -0.15) is 11.8 Å². The van der Waals surface area contributed by atoms with Crippen molar-refractivity contribution in [2.24, 2.45) is 0 Å². The SMILES string of the molecule is CCOc1ccc(N(CC(=O)NCCSCc2ccc(C)cc2)S(=O)(=O)c2ccc(OC)c(OC)c2)cc1. The highest BCUT2D eigenvalue weighted by molar-refractivity contribution is 7.98. The summed E-state index contributed by atoms with van der Waals surface area (Å²) in [5, 5.41) is 2.84. The van der Waals surface area contributed by atoms with Gasteiger partial charge in [0.15, 0.2) is 11.5 Å². The maximum Gasteiger partial charge on any atom is 0.264 e. The summed E-state index contributed by atoms with van der Waals surface area (Å²) in [7, 11) is -1.21. The van der Waals surface area contributed by atoms with Gasteiger partial charge >= 0.3 is 0 Å². The number of thioether (sulfide) groups is 1. The van der Waals surface area contributed by atoms with Crippen molar-refractivity contribution in [3.8, 4) is 17.2 Å². The Hall–Kier alpha value is -3.37. The maximum atomic E-state index is 13.7. The fourth-order valence-corrected chi connectivity index (χ4v) is 5.87. The lowest BCUT2D eigenvalue weighted by Crippen LogP contribution is -2.41. The highest BCUT2D eigenvalue weighted by atomic mass is 32.2. The minimum atomic E-state index is -4.12. The molecule has 0 atom stereocenters. The summed E-state index contributed by atoms with van der Waals surface area (Å²) >= 11 is 1.70. The van der Waals surface area contributed by atoms with E-state index in [4.69, 9.17) is 14.2 Å². The number of aryl methyl sites for hydroxylation is 1. The van der Waals surface area contributed by atoms with Crippen LogP contribution in [0.15, 0.2) is 71.6 Å². The van der Waals surface area contributed by atoms with Crippen LogP contribution in [0, 0.1) is 6.92 Å². The number of carbonyl (C=O) groups is 1.